The summed E-state index contributed by atoms with van der Waals surface area (Å²) in [5, 5.41) is 14.4. The maximum Gasteiger partial charge on any atom is 0.341 e. The Hall–Kier alpha value is -3.41. The quantitative estimate of drug-likeness (QED) is 0.617. The number of benzene rings is 2. The molecule has 4 rings (SSSR count). The molecule has 0 spiro atoms. The molecule has 1 amide bonds. The van der Waals surface area contributed by atoms with E-state index in [1.165, 1.54) is 10.9 Å². The molecule has 1 aliphatic rings. The third-order valence-electron chi connectivity index (χ3n) is 6.02. The third-order valence-corrected chi connectivity index (χ3v) is 6.02. The molecule has 1 saturated carbocycles. The van der Waals surface area contributed by atoms with E-state index in [2.05, 4.69) is 12.0 Å². The smallest absolute Gasteiger partial charge is 0.341 e. The van der Waals surface area contributed by atoms with E-state index in [0.717, 1.165) is 36.9 Å². The van der Waals surface area contributed by atoms with E-state index < -0.39 is 5.97 Å². The molecular weight excluding hydrogens is 390 g/mol. The van der Waals surface area contributed by atoms with E-state index in [0.29, 0.717) is 5.92 Å². The fourth-order valence-corrected chi connectivity index (χ4v) is 4.18. The molecule has 0 radical (unpaired) electrons. The minimum Gasteiger partial charge on any atom is -0.477 e. The van der Waals surface area contributed by atoms with Gasteiger partial charge in [0, 0.05) is 12.1 Å². The molecule has 31 heavy (non-hydrogen) atoms. The summed E-state index contributed by atoms with van der Waals surface area (Å²) in [6.07, 6.45) is 5.17. The van der Waals surface area contributed by atoms with Crippen LogP contribution in [0.3, 0.4) is 0 Å². The van der Waals surface area contributed by atoms with Crippen molar-refractivity contribution in [3.05, 3.63) is 78.0 Å². The summed E-state index contributed by atoms with van der Waals surface area (Å²) in [6, 6.07) is 19.0. The second-order valence-corrected chi connectivity index (χ2v) is 8.32. The fourth-order valence-electron chi connectivity index (χ4n) is 4.18. The van der Waals surface area contributed by atoms with Crippen molar-refractivity contribution < 1.29 is 14.7 Å². The summed E-state index contributed by atoms with van der Waals surface area (Å²) in [5.74, 6) is -0.428. The molecule has 0 atom stereocenters. The molecule has 0 unspecified atom stereocenters. The Balaban J connectivity index is 1.74. The molecule has 160 valence electrons. The summed E-state index contributed by atoms with van der Waals surface area (Å²) >= 11 is 0. The highest BCUT2D eigenvalue weighted by Crippen LogP contribution is 2.32. The maximum absolute atomic E-state index is 13.6. The van der Waals surface area contributed by atoms with Crippen molar-refractivity contribution in [2.24, 2.45) is 11.8 Å². The Labute approximate surface area is 182 Å². The third kappa shape index (κ3) is 4.68. The van der Waals surface area contributed by atoms with Crippen LogP contribution in [0.4, 0.5) is 5.82 Å². The molecule has 0 aliphatic heterocycles. The maximum atomic E-state index is 13.6. The number of hydrogen-bond donors (Lipinski definition) is 1. The first-order valence-corrected chi connectivity index (χ1v) is 10.8. The van der Waals surface area contributed by atoms with Gasteiger partial charge >= 0.3 is 5.97 Å². The molecule has 1 heterocycles. The second-order valence-electron chi connectivity index (χ2n) is 8.32. The molecule has 1 aromatic heterocycles. The lowest BCUT2D eigenvalue weighted by atomic mass is 9.82. The number of carboxylic acids is 1. The summed E-state index contributed by atoms with van der Waals surface area (Å²) < 4.78 is 1.53. The van der Waals surface area contributed by atoms with Gasteiger partial charge in [-0.1, -0.05) is 55.5 Å². The molecule has 1 fully saturated rings. The van der Waals surface area contributed by atoms with Crippen molar-refractivity contribution in [1.82, 2.24) is 9.78 Å². The zero-order valence-electron chi connectivity index (χ0n) is 17.6. The number of aromatic nitrogens is 2. The molecule has 6 heteroatoms. The minimum absolute atomic E-state index is 0.0253. The van der Waals surface area contributed by atoms with Crippen LogP contribution in [0.25, 0.3) is 5.69 Å². The number of amides is 1. The molecule has 6 nitrogen and oxygen atoms in total. The van der Waals surface area contributed by atoms with Gasteiger partial charge in [-0.15, -0.1) is 5.10 Å². The topological polar surface area (TPSA) is 75.4 Å². The number of nitrogens with zero attached hydrogens (tertiary/aromatic N) is 3. The lowest BCUT2D eigenvalue weighted by molar-refractivity contribution is -0.123. The zero-order valence-corrected chi connectivity index (χ0v) is 17.6. The normalized spacial score (nSPS) is 18.5. The van der Waals surface area contributed by atoms with Crippen molar-refractivity contribution in [2.75, 3.05) is 4.90 Å². The highest BCUT2D eigenvalue weighted by atomic mass is 16.4. The van der Waals surface area contributed by atoms with E-state index in [-0.39, 0.29) is 29.8 Å². The van der Waals surface area contributed by atoms with E-state index in [4.69, 9.17) is 0 Å². The van der Waals surface area contributed by atoms with Gasteiger partial charge in [0.25, 0.3) is 0 Å². The van der Waals surface area contributed by atoms with Crippen molar-refractivity contribution in [2.45, 2.75) is 39.2 Å². The predicted octanol–water partition coefficient (Wildman–Crippen LogP) is 4.93. The van der Waals surface area contributed by atoms with Gasteiger partial charge < -0.3 is 5.11 Å². The van der Waals surface area contributed by atoms with Crippen LogP contribution in [0.5, 0.6) is 0 Å². The van der Waals surface area contributed by atoms with Gasteiger partial charge in [0.2, 0.25) is 5.91 Å². The number of anilines is 1. The first-order chi connectivity index (χ1) is 15.0. The molecular formula is C25H27N3O3. The van der Waals surface area contributed by atoms with E-state index in [1.54, 1.807) is 4.90 Å². The van der Waals surface area contributed by atoms with Gasteiger partial charge in [-0.2, -0.15) is 0 Å². The number of rotatable bonds is 6. The van der Waals surface area contributed by atoms with Crippen LogP contribution in [0, 0.1) is 11.8 Å². The minimum atomic E-state index is -1.10. The molecule has 1 aliphatic carbocycles. The van der Waals surface area contributed by atoms with Gasteiger partial charge in [-0.3, -0.25) is 9.69 Å². The van der Waals surface area contributed by atoms with Crippen molar-refractivity contribution >= 4 is 17.7 Å². The summed E-state index contributed by atoms with van der Waals surface area (Å²) in [7, 11) is 0. The van der Waals surface area contributed by atoms with Crippen molar-refractivity contribution in [3.8, 4) is 5.69 Å². The van der Waals surface area contributed by atoms with Crippen molar-refractivity contribution in [1.29, 1.82) is 0 Å². The summed E-state index contributed by atoms with van der Waals surface area (Å²) in [5.41, 5.74) is 1.71. The Morgan fingerprint density at radius 1 is 1.00 bits per heavy atom. The molecule has 3 aromatic rings. The van der Waals surface area contributed by atoms with Gasteiger partial charge in [0.1, 0.15) is 5.56 Å². The van der Waals surface area contributed by atoms with Crippen LogP contribution < -0.4 is 4.90 Å². The van der Waals surface area contributed by atoms with Crippen LogP contribution in [0.2, 0.25) is 0 Å². The lowest BCUT2D eigenvalue weighted by Gasteiger charge is -2.30. The first-order valence-electron chi connectivity index (χ1n) is 10.8. The lowest BCUT2D eigenvalue weighted by Crippen LogP contribution is -2.38. The van der Waals surface area contributed by atoms with E-state index >= 15 is 0 Å². The average Bonchev–Trinajstić information content (AvgIpc) is 3.24. The Morgan fingerprint density at radius 2 is 1.61 bits per heavy atom. The van der Waals surface area contributed by atoms with Gasteiger partial charge in [0.15, 0.2) is 5.82 Å². The number of aromatic carboxylic acids is 1. The number of para-hydroxylation sites is 1. The van der Waals surface area contributed by atoms with Crippen LogP contribution in [0.15, 0.2) is 66.9 Å². The van der Waals surface area contributed by atoms with Gasteiger partial charge in [-0.25, -0.2) is 9.48 Å². The molecule has 1 N–H and O–H groups in total. The second kappa shape index (κ2) is 9.16. The fraction of sp³-hybridized carbons (Fsp3) is 0.320. The summed E-state index contributed by atoms with van der Waals surface area (Å²) in [6.45, 7) is 2.50. The average molecular weight is 418 g/mol. The Bertz CT molecular complexity index is 1040. The number of carbonyl (C=O) groups is 2. The summed E-state index contributed by atoms with van der Waals surface area (Å²) in [4.78, 5) is 27.3. The zero-order chi connectivity index (χ0) is 21.8. The van der Waals surface area contributed by atoms with Crippen LogP contribution in [0.1, 0.15) is 48.5 Å². The van der Waals surface area contributed by atoms with Crippen LogP contribution in [-0.4, -0.2) is 26.8 Å². The van der Waals surface area contributed by atoms with Gasteiger partial charge in [-0.05, 0) is 49.3 Å². The highest BCUT2D eigenvalue weighted by molar-refractivity contribution is 6.01. The largest absolute Gasteiger partial charge is 0.477 e. The standard InChI is InChI=1S/C25H27N3O3/c1-18-12-14-20(15-13-18)24(29)27(16-19-8-4-2-5-9-19)23-22(25(30)31)17-28(26-23)21-10-6-3-7-11-21/h2-11,17-18,20H,12-16H2,1H3,(H,30,31). The number of hydrogen-bond acceptors (Lipinski definition) is 3. The molecule has 2 aromatic carbocycles. The van der Waals surface area contributed by atoms with Gasteiger partial charge in [0.05, 0.1) is 12.2 Å². The van der Waals surface area contributed by atoms with Crippen molar-refractivity contribution in [3.63, 3.8) is 0 Å². The SMILES string of the molecule is CC1CCC(C(=O)N(Cc2ccccc2)c2nn(-c3ccccc3)cc2C(=O)O)CC1. The number of carboxylic acid groups (broad SMARTS) is 1. The molecule has 0 bridgehead atoms. The Kier molecular flexibility index (Phi) is 6.16. The monoisotopic (exact) mass is 417 g/mol. The van der Waals surface area contributed by atoms with E-state index in [1.807, 2.05) is 60.7 Å². The van der Waals surface area contributed by atoms with E-state index in [9.17, 15) is 14.7 Å². The predicted molar refractivity (Wildman–Crippen MR) is 119 cm³/mol. The number of carbonyl (C=O) groups excluding carboxylic acids is 1. The van der Waals surface area contributed by atoms with Crippen LogP contribution in [-0.2, 0) is 11.3 Å². The first kappa shape index (κ1) is 20.8. The highest BCUT2D eigenvalue weighted by Gasteiger charge is 2.32. The molecule has 0 saturated heterocycles. The van der Waals surface area contributed by atoms with Crippen LogP contribution >= 0.6 is 0 Å². The Morgan fingerprint density at radius 3 is 2.23 bits per heavy atom.